The Kier molecular flexibility index (Phi) is 6.66. The van der Waals surface area contributed by atoms with Gasteiger partial charge >= 0.3 is 6.18 Å². The first-order chi connectivity index (χ1) is 15.5. The number of fused-ring (bicyclic) bond motifs is 1. The zero-order chi connectivity index (χ0) is 24.0. The van der Waals surface area contributed by atoms with Crippen molar-refractivity contribution >= 4 is 5.91 Å². The van der Waals surface area contributed by atoms with Crippen molar-refractivity contribution < 1.29 is 27.4 Å². The number of nitrogens with one attached hydrogen (secondary N) is 1. The number of aromatic nitrogens is 1. The van der Waals surface area contributed by atoms with Crippen molar-refractivity contribution in [3.63, 3.8) is 0 Å². The fraction of sp³-hybridized carbons (Fsp3) is 0.750. The Morgan fingerprint density at radius 3 is 2.79 bits per heavy atom. The summed E-state index contributed by atoms with van der Waals surface area (Å²) < 4.78 is 45.5. The van der Waals surface area contributed by atoms with Gasteiger partial charge < -0.3 is 20.2 Å². The van der Waals surface area contributed by atoms with Crippen LogP contribution in [0.4, 0.5) is 13.2 Å². The summed E-state index contributed by atoms with van der Waals surface area (Å²) in [5.41, 5.74) is -0.898. The lowest BCUT2D eigenvalue weighted by molar-refractivity contribution is -0.616. The standard InChI is InChI=1S/C24H34F3N3O3/c1-15(2)23(7-4-19(11-23)28-20-6-9-33-14-16(20)3)22(31)29-8-5-21-17(12-29)10-18(13-30(21)32)24(25,26)27/h10,13,15-16,19-20,28H,4-9,11-12,14H2,1-3H3/t16?,19-,20?,23+/m1/s1. The van der Waals surface area contributed by atoms with E-state index in [4.69, 9.17) is 4.74 Å². The van der Waals surface area contributed by atoms with Gasteiger partial charge in [-0.15, -0.1) is 0 Å². The zero-order valence-corrected chi connectivity index (χ0v) is 19.6. The topological polar surface area (TPSA) is 68.5 Å². The van der Waals surface area contributed by atoms with Crippen molar-refractivity contribution in [2.24, 2.45) is 17.3 Å². The van der Waals surface area contributed by atoms with Gasteiger partial charge in [0.05, 0.1) is 25.0 Å². The first-order valence-electron chi connectivity index (χ1n) is 12.0. The van der Waals surface area contributed by atoms with E-state index >= 15 is 0 Å². The van der Waals surface area contributed by atoms with Gasteiger partial charge in [-0.2, -0.15) is 17.9 Å². The third-order valence-corrected chi connectivity index (χ3v) is 7.99. The average molecular weight is 470 g/mol. The molecule has 1 amide bonds. The predicted octanol–water partition coefficient (Wildman–Crippen LogP) is 3.43. The maximum atomic E-state index is 13.8. The summed E-state index contributed by atoms with van der Waals surface area (Å²) in [5, 5.41) is 16.0. The molecule has 184 valence electrons. The fourth-order valence-electron chi connectivity index (χ4n) is 5.84. The number of pyridine rings is 1. The van der Waals surface area contributed by atoms with E-state index in [9.17, 15) is 23.2 Å². The summed E-state index contributed by atoms with van der Waals surface area (Å²) in [6.07, 6.45) is -0.405. The first kappa shape index (κ1) is 24.3. The number of ether oxygens (including phenoxy) is 1. The van der Waals surface area contributed by atoms with E-state index in [0.717, 1.165) is 45.0 Å². The Bertz CT molecular complexity index is 892. The highest BCUT2D eigenvalue weighted by Crippen LogP contribution is 2.47. The minimum atomic E-state index is -4.60. The van der Waals surface area contributed by atoms with E-state index in [2.05, 4.69) is 26.1 Å². The number of rotatable bonds is 4. The monoisotopic (exact) mass is 469 g/mol. The lowest BCUT2D eigenvalue weighted by Gasteiger charge is -2.39. The van der Waals surface area contributed by atoms with Crippen LogP contribution in [0.3, 0.4) is 0 Å². The Morgan fingerprint density at radius 1 is 1.36 bits per heavy atom. The van der Waals surface area contributed by atoms with Gasteiger partial charge in [-0.3, -0.25) is 4.79 Å². The highest BCUT2D eigenvalue weighted by Gasteiger charge is 2.50. The van der Waals surface area contributed by atoms with Crippen LogP contribution in [-0.4, -0.2) is 42.6 Å². The Balaban J connectivity index is 1.51. The van der Waals surface area contributed by atoms with Crippen molar-refractivity contribution in [2.75, 3.05) is 19.8 Å². The van der Waals surface area contributed by atoms with Crippen molar-refractivity contribution in [2.45, 2.75) is 77.7 Å². The van der Waals surface area contributed by atoms with Gasteiger partial charge in [-0.05, 0) is 43.6 Å². The molecule has 0 aromatic carbocycles. The van der Waals surface area contributed by atoms with Gasteiger partial charge in [-0.25, -0.2) is 0 Å². The molecule has 1 aliphatic carbocycles. The molecule has 6 nitrogen and oxygen atoms in total. The molecule has 0 spiro atoms. The Morgan fingerprint density at radius 2 is 2.12 bits per heavy atom. The molecule has 1 aromatic heterocycles. The number of carbonyl (C=O) groups excluding carboxylic acids is 1. The minimum absolute atomic E-state index is 0.00216. The number of hydrogen-bond donors (Lipinski definition) is 1. The zero-order valence-electron chi connectivity index (χ0n) is 19.6. The molecule has 1 aromatic rings. The number of alkyl halides is 3. The maximum Gasteiger partial charge on any atom is 0.422 e. The maximum absolute atomic E-state index is 13.8. The molecule has 2 aliphatic heterocycles. The van der Waals surface area contributed by atoms with Crippen LogP contribution in [0, 0.1) is 22.5 Å². The summed E-state index contributed by atoms with van der Waals surface area (Å²) in [4.78, 5) is 15.5. The second-order valence-electron chi connectivity index (χ2n) is 10.4. The van der Waals surface area contributed by atoms with Gasteiger partial charge in [0, 0.05) is 30.8 Å². The molecule has 1 saturated carbocycles. The lowest BCUT2D eigenvalue weighted by Crippen LogP contribution is -2.51. The van der Waals surface area contributed by atoms with E-state index in [1.54, 1.807) is 4.90 Å². The van der Waals surface area contributed by atoms with Gasteiger partial charge in [0.2, 0.25) is 5.91 Å². The highest BCUT2D eigenvalue weighted by molar-refractivity contribution is 5.83. The molecule has 33 heavy (non-hydrogen) atoms. The van der Waals surface area contributed by atoms with Crippen molar-refractivity contribution in [3.05, 3.63) is 34.3 Å². The lowest BCUT2D eigenvalue weighted by atomic mass is 9.74. The fourth-order valence-corrected chi connectivity index (χ4v) is 5.84. The molecule has 3 aliphatic rings. The van der Waals surface area contributed by atoms with Crippen LogP contribution in [-0.2, 0) is 28.7 Å². The summed E-state index contributed by atoms with van der Waals surface area (Å²) >= 11 is 0. The molecule has 0 bridgehead atoms. The number of carbonyl (C=O) groups is 1. The summed E-state index contributed by atoms with van der Waals surface area (Å²) in [6.45, 7) is 8.18. The average Bonchev–Trinajstić information content (AvgIpc) is 3.19. The van der Waals surface area contributed by atoms with E-state index < -0.39 is 17.2 Å². The molecule has 4 atom stereocenters. The van der Waals surface area contributed by atoms with E-state index in [1.165, 1.54) is 0 Å². The van der Waals surface area contributed by atoms with Crippen LogP contribution >= 0.6 is 0 Å². The third-order valence-electron chi connectivity index (χ3n) is 7.99. The molecule has 1 N–H and O–H groups in total. The van der Waals surface area contributed by atoms with Gasteiger partial charge in [0.25, 0.3) is 0 Å². The van der Waals surface area contributed by atoms with Gasteiger partial charge in [-0.1, -0.05) is 20.8 Å². The quantitative estimate of drug-likeness (QED) is 0.542. The van der Waals surface area contributed by atoms with Crippen molar-refractivity contribution in [1.29, 1.82) is 0 Å². The molecule has 3 heterocycles. The van der Waals surface area contributed by atoms with E-state index in [-0.39, 0.29) is 30.8 Å². The number of nitrogens with zero attached hydrogens (tertiary/aromatic N) is 2. The SMILES string of the molecule is CC1COCCC1N[C@@H]1CC[C@@](C(=O)N2CCc3c(cc(C(F)(F)F)c[n+]3[O-])C2)(C(C)C)C1. The summed E-state index contributed by atoms with van der Waals surface area (Å²) in [6, 6.07) is 1.63. The molecule has 2 fully saturated rings. The van der Waals surface area contributed by atoms with Gasteiger partial charge in [0.1, 0.15) is 5.56 Å². The smallest absolute Gasteiger partial charge is 0.422 e. The highest BCUT2D eigenvalue weighted by atomic mass is 19.4. The van der Waals surface area contributed by atoms with Crippen LogP contribution in [0.2, 0.25) is 0 Å². The first-order valence-corrected chi connectivity index (χ1v) is 12.0. The minimum Gasteiger partial charge on any atom is -0.618 e. The summed E-state index contributed by atoms with van der Waals surface area (Å²) in [7, 11) is 0. The Labute approximate surface area is 193 Å². The van der Waals surface area contributed by atoms with Crippen molar-refractivity contribution in [1.82, 2.24) is 10.2 Å². The third kappa shape index (κ3) is 4.71. The normalized spacial score (nSPS) is 30.5. The van der Waals surface area contributed by atoms with Crippen LogP contribution in [0.25, 0.3) is 0 Å². The number of amides is 1. The molecular weight excluding hydrogens is 435 g/mol. The molecule has 1 saturated heterocycles. The van der Waals surface area contributed by atoms with Crippen LogP contribution in [0.15, 0.2) is 12.3 Å². The largest absolute Gasteiger partial charge is 0.618 e. The van der Waals surface area contributed by atoms with Crippen molar-refractivity contribution in [3.8, 4) is 0 Å². The van der Waals surface area contributed by atoms with Crippen LogP contribution < -0.4 is 10.0 Å². The second kappa shape index (κ2) is 9.06. The second-order valence-corrected chi connectivity index (χ2v) is 10.4. The van der Waals surface area contributed by atoms with Crippen LogP contribution in [0.1, 0.15) is 63.3 Å². The predicted molar refractivity (Wildman–Crippen MR) is 116 cm³/mol. The van der Waals surface area contributed by atoms with E-state index in [1.807, 2.05) is 0 Å². The molecule has 0 radical (unpaired) electrons. The summed E-state index contributed by atoms with van der Waals surface area (Å²) in [5.74, 6) is 0.530. The Hall–Kier alpha value is -1.87. The van der Waals surface area contributed by atoms with Crippen LogP contribution in [0.5, 0.6) is 0 Å². The molecular formula is C24H34F3N3O3. The van der Waals surface area contributed by atoms with Gasteiger partial charge in [0.15, 0.2) is 11.9 Å². The molecule has 9 heteroatoms. The molecule has 4 rings (SSSR count). The number of halogens is 3. The molecule has 2 unspecified atom stereocenters. The van der Waals surface area contributed by atoms with E-state index in [0.29, 0.717) is 40.7 Å². The number of hydrogen-bond acceptors (Lipinski definition) is 4.